The van der Waals surface area contributed by atoms with Crippen molar-refractivity contribution in [1.82, 2.24) is 10.4 Å². The largest absolute Gasteiger partial charge is 0.289 e. The smallest absolute Gasteiger partial charge is 0.234 e. The highest BCUT2D eigenvalue weighted by Crippen LogP contribution is 2.03. The van der Waals surface area contributed by atoms with Crippen LogP contribution in [0.3, 0.4) is 0 Å². The molecule has 0 unspecified atom stereocenters. The van der Waals surface area contributed by atoms with E-state index in [1.807, 2.05) is 23.2 Å². The molecule has 0 aliphatic carbocycles. The molecule has 0 spiro atoms. The van der Waals surface area contributed by atoms with E-state index in [9.17, 15) is 4.79 Å². The summed E-state index contributed by atoms with van der Waals surface area (Å²) in [5.41, 5.74) is 4.14. The van der Waals surface area contributed by atoms with Crippen LogP contribution in [0.15, 0.2) is 42.5 Å². The van der Waals surface area contributed by atoms with Crippen LogP contribution in [0.4, 0.5) is 0 Å². The van der Waals surface area contributed by atoms with Crippen LogP contribution in [0.25, 0.3) is 0 Å². The highest BCUT2D eigenvalue weighted by atomic mass is 16.2. The lowest BCUT2D eigenvalue weighted by Crippen LogP contribution is -2.43. The van der Waals surface area contributed by atoms with E-state index >= 15 is 0 Å². The summed E-state index contributed by atoms with van der Waals surface area (Å²) in [5.74, 6) is 0.101. The monoisotopic (exact) mass is 230 g/mol. The molecule has 1 aromatic carbocycles. The van der Waals surface area contributed by atoms with Crippen LogP contribution in [-0.4, -0.2) is 24.0 Å². The zero-order valence-electron chi connectivity index (χ0n) is 9.93. The summed E-state index contributed by atoms with van der Waals surface area (Å²) in [4.78, 5) is 11.7. The van der Waals surface area contributed by atoms with E-state index in [2.05, 4.69) is 29.7 Å². The third-order valence-electron chi connectivity index (χ3n) is 2.82. The molecular weight excluding hydrogens is 212 g/mol. The molecule has 0 saturated heterocycles. The van der Waals surface area contributed by atoms with E-state index < -0.39 is 0 Å². The Labute approximate surface area is 102 Å². The first-order valence-electron chi connectivity index (χ1n) is 6.08. The highest BCUT2D eigenvalue weighted by Gasteiger charge is 2.09. The Balaban J connectivity index is 1.72. The number of hydrogen-bond acceptors (Lipinski definition) is 2. The summed E-state index contributed by atoms with van der Waals surface area (Å²) in [7, 11) is 0. The summed E-state index contributed by atoms with van der Waals surface area (Å²) < 4.78 is 0. The van der Waals surface area contributed by atoms with Gasteiger partial charge in [-0.25, -0.2) is 5.01 Å². The molecule has 1 aromatic rings. The molecule has 0 fully saturated rings. The van der Waals surface area contributed by atoms with Gasteiger partial charge in [-0.05, 0) is 18.4 Å². The maximum absolute atomic E-state index is 11.7. The van der Waals surface area contributed by atoms with Gasteiger partial charge in [0, 0.05) is 19.5 Å². The number of benzene rings is 1. The molecule has 1 aliphatic heterocycles. The first-order chi connectivity index (χ1) is 8.34. The SMILES string of the molecule is O=C(CCc1ccccc1)NN1CC=CCC1. The van der Waals surface area contributed by atoms with E-state index in [0.717, 1.165) is 25.9 Å². The number of aryl methyl sites for hydroxylation is 1. The predicted octanol–water partition coefficient (Wildman–Crippen LogP) is 1.91. The molecule has 3 nitrogen and oxygen atoms in total. The third kappa shape index (κ3) is 4.04. The van der Waals surface area contributed by atoms with E-state index in [1.54, 1.807) is 0 Å². The molecule has 0 aromatic heterocycles. The molecule has 90 valence electrons. The van der Waals surface area contributed by atoms with Gasteiger partial charge in [-0.3, -0.25) is 10.2 Å². The predicted molar refractivity (Wildman–Crippen MR) is 68.2 cm³/mol. The second kappa shape index (κ2) is 6.21. The van der Waals surface area contributed by atoms with Crippen molar-refractivity contribution in [3.8, 4) is 0 Å². The van der Waals surface area contributed by atoms with Crippen LogP contribution >= 0.6 is 0 Å². The van der Waals surface area contributed by atoms with Gasteiger partial charge < -0.3 is 0 Å². The number of carbonyl (C=O) groups excluding carboxylic acids is 1. The molecule has 0 atom stereocenters. The summed E-state index contributed by atoms with van der Waals surface area (Å²) in [6.07, 6.45) is 6.59. The lowest BCUT2D eigenvalue weighted by molar-refractivity contribution is -0.125. The molecule has 17 heavy (non-hydrogen) atoms. The number of hydrogen-bond donors (Lipinski definition) is 1. The Morgan fingerprint density at radius 2 is 2.06 bits per heavy atom. The quantitative estimate of drug-likeness (QED) is 0.801. The maximum atomic E-state index is 11.7. The van der Waals surface area contributed by atoms with Crippen molar-refractivity contribution in [1.29, 1.82) is 0 Å². The van der Waals surface area contributed by atoms with Crippen LogP contribution in [0, 0.1) is 0 Å². The minimum atomic E-state index is 0.101. The summed E-state index contributed by atoms with van der Waals surface area (Å²) in [6, 6.07) is 10.1. The second-order valence-corrected chi connectivity index (χ2v) is 4.23. The molecule has 1 amide bonds. The fourth-order valence-electron chi connectivity index (χ4n) is 1.88. The van der Waals surface area contributed by atoms with Gasteiger partial charge >= 0.3 is 0 Å². The van der Waals surface area contributed by atoms with Gasteiger partial charge in [0.1, 0.15) is 0 Å². The van der Waals surface area contributed by atoms with Crippen molar-refractivity contribution < 1.29 is 4.79 Å². The second-order valence-electron chi connectivity index (χ2n) is 4.23. The minimum absolute atomic E-state index is 0.101. The van der Waals surface area contributed by atoms with Gasteiger partial charge in [0.2, 0.25) is 5.91 Å². The molecule has 3 heteroatoms. The van der Waals surface area contributed by atoms with Gasteiger partial charge in [-0.2, -0.15) is 0 Å². The number of nitrogens with one attached hydrogen (secondary N) is 1. The van der Waals surface area contributed by atoms with Crippen molar-refractivity contribution in [2.75, 3.05) is 13.1 Å². The lowest BCUT2D eigenvalue weighted by Gasteiger charge is -2.23. The molecule has 1 aliphatic rings. The van der Waals surface area contributed by atoms with Crippen molar-refractivity contribution in [2.24, 2.45) is 0 Å². The normalized spacial score (nSPS) is 15.8. The van der Waals surface area contributed by atoms with E-state index in [4.69, 9.17) is 0 Å². The van der Waals surface area contributed by atoms with Crippen molar-refractivity contribution in [2.45, 2.75) is 19.3 Å². The van der Waals surface area contributed by atoms with Gasteiger partial charge in [-0.1, -0.05) is 42.5 Å². The van der Waals surface area contributed by atoms with E-state index in [-0.39, 0.29) is 5.91 Å². The Morgan fingerprint density at radius 3 is 2.76 bits per heavy atom. The van der Waals surface area contributed by atoms with Crippen molar-refractivity contribution in [3.63, 3.8) is 0 Å². The minimum Gasteiger partial charge on any atom is -0.289 e. The van der Waals surface area contributed by atoms with Crippen LogP contribution in [0.5, 0.6) is 0 Å². The molecule has 0 saturated carbocycles. The molecule has 1 N–H and O–H groups in total. The van der Waals surface area contributed by atoms with Gasteiger partial charge in [0.25, 0.3) is 0 Å². The average molecular weight is 230 g/mol. The van der Waals surface area contributed by atoms with Gasteiger partial charge in [0.05, 0.1) is 0 Å². The Morgan fingerprint density at radius 1 is 1.24 bits per heavy atom. The molecule has 2 rings (SSSR count). The first-order valence-corrected chi connectivity index (χ1v) is 6.08. The molecule has 0 radical (unpaired) electrons. The van der Waals surface area contributed by atoms with Crippen LogP contribution < -0.4 is 5.43 Å². The Hall–Kier alpha value is -1.61. The lowest BCUT2D eigenvalue weighted by atomic mass is 10.1. The number of rotatable bonds is 4. The highest BCUT2D eigenvalue weighted by molar-refractivity contribution is 5.75. The van der Waals surface area contributed by atoms with Gasteiger partial charge in [0.15, 0.2) is 0 Å². The fraction of sp³-hybridized carbons (Fsp3) is 0.357. The number of hydrazine groups is 1. The summed E-state index contributed by atoms with van der Waals surface area (Å²) >= 11 is 0. The first kappa shape index (κ1) is 11.9. The maximum Gasteiger partial charge on any atom is 0.234 e. The van der Waals surface area contributed by atoms with Crippen LogP contribution in [-0.2, 0) is 11.2 Å². The average Bonchev–Trinajstić information content (AvgIpc) is 2.39. The summed E-state index contributed by atoms with van der Waals surface area (Å²) in [5, 5.41) is 1.97. The zero-order chi connectivity index (χ0) is 11.9. The Bertz CT molecular complexity index is 386. The molecule has 1 heterocycles. The van der Waals surface area contributed by atoms with Gasteiger partial charge in [-0.15, -0.1) is 0 Å². The van der Waals surface area contributed by atoms with Crippen molar-refractivity contribution in [3.05, 3.63) is 48.0 Å². The molecular formula is C14H18N2O. The molecule has 0 bridgehead atoms. The van der Waals surface area contributed by atoms with Crippen LogP contribution in [0.1, 0.15) is 18.4 Å². The number of nitrogens with zero attached hydrogens (tertiary/aromatic N) is 1. The topological polar surface area (TPSA) is 32.3 Å². The Kier molecular flexibility index (Phi) is 4.33. The third-order valence-corrected chi connectivity index (χ3v) is 2.82. The number of carbonyl (C=O) groups is 1. The van der Waals surface area contributed by atoms with Crippen molar-refractivity contribution >= 4 is 5.91 Å². The zero-order valence-corrected chi connectivity index (χ0v) is 9.93. The fourth-order valence-corrected chi connectivity index (χ4v) is 1.88. The van der Waals surface area contributed by atoms with E-state index in [1.165, 1.54) is 5.56 Å². The number of amides is 1. The summed E-state index contributed by atoms with van der Waals surface area (Å²) in [6.45, 7) is 1.73. The standard InChI is InChI=1S/C14H18N2O/c17-14(15-16-11-5-2-6-12-16)10-9-13-7-3-1-4-8-13/h1-5,7-8H,6,9-12H2,(H,15,17). The van der Waals surface area contributed by atoms with E-state index in [0.29, 0.717) is 6.42 Å². The van der Waals surface area contributed by atoms with Crippen LogP contribution in [0.2, 0.25) is 0 Å².